The van der Waals surface area contributed by atoms with E-state index >= 15 is 0 Å². The van der Waals surface area contributed by atoms with Crippen LogP contribution in [0.4, 0.5) is 4.79 Å². The third-order valence-corrected chi connectivity index (χ3v) is 2.84. The highest BCUT2D eigenvalue weighted by atomic mass is 16.5. The predicted molar refractivity (Wildman–Crippen MR) is 59.0 cm³/mol. The molecule has 0 aromatic carbocycles. The van der Waals surface area contributed by atoms with Gasteiger partial charge in [-0.1, -0.05) is 0 Å². The van der Waals surface area contributed by atoms with Crippen molar-refractivity contribution < 1.29 is 19.4 Å². The van der Waals surface area contributed by atoms with Crippen LogP contribution in [0.25, 0.3) is 0 Å². The maximum Gasteiger partial charge on any atom is 0.407 e. The summed E-state index contributed by atoms with van der Waals surface area (Å²) in [5.74, 6) is 0.506. The molecule has 1 aromatic heterocycles. The molecule has 0 saturated heterocycles. The Bertz CT molecular complexity index is 435. The molecule has 17 heavy (non-hydrogen) atoms. The van der Waals surface area contributed by atoms with Gasteiger partial charge in [-0.25, -0.2) is 9.78 Å². The molecule has 6 heteroatoms. The first-order valence-electron chi connectivity index (χ1n) is 5.20. The van der Waals surface area contributed by atoms with Crippen LogP contribution in [0.1, 0.15) is 17.3 Å². The number of rotatable bonds is 2. The van der Waals surface area contributed by atoms with E-state index in [4.69, 9.17) is 14.6 Å². The van der Waals surface area contributed by atoms with Crippen molar-refractivity contribution in [2.45, 2.75) is 12.6 Å². The smallest absolute Gasteiger partial charge is 0.407 e. The van der Waals surface area contributed by atoms with Crippen molar-refractivity contribution in [3.05, 3.63) is 23.4 Å². The van der Waals surface area contributed by atoms with Crippen molar-refractivity contribution in [2.75, 3.05) is 20.8 Å². The van der Waals surface area contributed by atoms with E-state index in [2.05, 4.69) is 4.98 Å². The average molecular weight is 238 g/mol. The Labute approximate surface area is 98.8 Å². The second kappa shape index (κ2) is 4.58. The van der Waals surface area contributed by atoms with Crippen LogP contribution in [0.3, 0.4) is 0 Å². The summed E-state index contributed by atoms with van der Waals surface area (Å²) < 4.78 is 10.4. The van der Waals surface area contributed by atoms with Crippen LogP contribution in [-0.4, -0.2) is 41.8 Å². The lowest BCUT2D eigenvalue weighted by Gasteiger charge is -2.30. The molecule has 1 aromatic rings. The van der Waals surface area contributed by atoms with Crippen LogP contribution < -0.4 is 4.74 Å². The zero-order valence-electron chi connectivity index (χ0n) is 9.71. The van der Waals surface area contributed by atoms with Crippen molar-refractivity contribution in [3.63, 3.8) is 0 Å². The Kier molecular flexibility index (Phi) is 3.14. The number of fused-ring (bicyclic) bond motifs is 1. The van der Waals surface area contributed by atoms with Gasteiger partial charge in [0.2, 0.25) is 5.88 Å². The molecular weight excluding hydrogens is 224 g/mol. The lowest BCUT2D eigenvalue weighted by molar-refractivity contribution is 0.0400. The fraction of sp³-hybridized carbons (Fsp3) is 0.455. The van der Waals surface area contributed by atoms with Crippen LogP contribution in [0.5, 0.6) is 5.88 Å². The molecule has 1 aliphatic rings. The first-order chi connectivity index (χ1) is 8.13. The Morgan fingerprint density at radius 2 is 2.41 bits per heavy atom. The molecular formula is C11H14N2O4. The number of likely N-dealkylation sites (N-methyl/N-ethyl adjacent to an activating group) is 1. The van der Waals surface area contributed by atoms with E-state index < -0.39 is 6.09 Å². The molecule has 0 radical (unpaired) electrons. The molecule has 0 bridgehead atoms. The van der Waals surface area contributed by atoms with Gasteiger partial charge < -0.3 is 19.5 Å². The highest BCUT2D eigenvalue weighted by molar-refractivity contribution is 5.65. The van der Waals surface area contributed by atoms with E-state index in [1.807, 2.05) is 6.07 Å². The molecule has 92 valence electrons. The summed E-state index contributed by atoms with van der Waals surface area (Å²) in [6.07, 6.45) is -0.984. The minimum atomic E-state index is -0.984. The van der Waals surface area contributed by atoms with E-state index in [9.17, 15) is 4.79 Å². The average Bonchev–Trinajstić information content (AvgIpc) is 2.36. The normalized spacial score (nSPS) is 18.4. The van der Waals surface area contributed by atoms with Gasteiger partial charge in [0.15, 0.2) is 0 Å². The van der Waals surface area contributed by atoms with E-state index in [-0.39, 0.29) is 6.04 Å². The summed E-state index contributed by atoms with van der Waals surface area (Å²) in [5, 5.41) is 8.99. The maximum atomic E-state index is 11.0. The van der Waals surface area contributed by atoms with E-state index in [1.165, 1.54) is 11.9 Å². The fourth-order valence-corrected chi connectivity index (χ4v) is 1.84. The van der Waals surface area contributed by atoms with Gasteiger partial charge >= 0.3 is 6.09 Å². The monoisotopic (exact) mass is 238 g/mol. The summed E-state index contributed by atoms with van der Waals surface area (Å²) in [5.41, 5.74) is 1.61. The van der Waals surface area contributed by atoms with Gasteiger partial charge in [-0.2, -0.15) is 0 Å². The Morgan fingerprint density at radius 3 is 3.06 bits per heavy atom. The summed E-state index contributed by atoms with van der Waals surface area (Å²) in [4.78, 5) is 16.4. The zero-order valence-corrected chi connectivity index (χ0v) is 9.71. The van der Waals surface area contributed by atoms with Crippen molar-refractivity contribution in [1.82, 2.24) is 9.88 Å². The first-order valence-corrected chi connectivity index (χ1v) is 5.20. The van der Waals surface area contributed by atoms with E-state index in [0.717, 1.165) is 11.3 Å². The van der Waals surface area contributed by atoms with Crippen molar-refractivity contribution in [3.8, 4) is 5.88 Å². The van der Waals surface area contributed by atoms with Gasteiger partial charge in [-0.3, -0.25) is 0 Å². The zero-order chi connectivity index (χ0) is 12.4. The van der Waals surface area contributed by atoms with Gasteiger partial charge in [0.25, 0.3) is 0 Å². The molecule has 0 spiro atoms. The van der Waals surface area contributed by atoms with Crippen LogP contribution in [0, 0.1) is 0 Å². The van der Waals surface area contributed by atoms with Crippen LogP contribution in [0.15, 0.2) is 12.1 Å². The number of aromatic nitrogens is 1. The Hall–Kier alpha value is -1.82. The number of amides is 1. The van der Waals surface area contributed by atoms with Crippen LogP contribution >= 0.6 is 0 Å². The van der Waals surface area contributed by atoms with Crippen molar-refractivity contribution in [2.24, 2.45) is 0 Å². The standard InChI is InChI=1S/C11H14N2O4/c1-13(11(14)15)9-6-17-5-8-7(9)3-4-10(12-8)16-2/h3-4,9H,5-6H2,1-2H3,(H,14,15). The number of hydrogen-bond acceptors (Lipinski definition) is 4. The molecule has 0 aliphatic carbocycles. The number of carbonyl (C=O) groups is 1. The lowest BCUT2D eigenvalue weighted by Crippen LogP contribution is -2.35. The first kappa shape index (κ1) is 11.7. The molecule has 0 saturated carbocycles. The van der Waals surface area contributed by atoms with Crippen LogP contribution in [-0.2, 0) is 11.3 Å². The third kappa shape index (κ3) is 2.16. The summed E-state index contributed by atoms with van der Waals surface area (Å²) in [6, 6.07) is 3.26. The topological polar surface area (TPSA) is 71.9 Å². The third-order valence-electron chi connectivity index (χ3n) is 2.84. The molecule has 6 nitrogen and oxygen atoms in total. The molecule has 1 unspecified atom stereocenters. The van der Waals surface area contributed by atoms with Gasteiger partial charge in [0.1, 0.15) is 0 Å². The number of methoxy groups -OCH3 is 1. The number of nitrogens with zero attached hydrogens (tertiary/aromatic N) is 2. The van der Waals surface area contributed by atoms with Gasteiger partial charge in [-0.05, 0) is 6.07 Å². The van der Waals surface area contributed by atoms with Crippen LogP contribution in [0.2, 0.25) is 0 Å². The van der Waals surface area contributed by atoms with Crippen molar-refractivity contribution in [1.29, 1.82) is 0 Å². The number of pyridine rings is 1. The largest absolute Gasteiger partial charge is 0.481 e. The Balaban J connectivity index is 2.34. The minimum Gasteiger partial charge on any atom is -0.481 e. The van der Waals surface area contributed by atoms with E-state index in [0.29, 0.717) is 19.1 Å². The fourth-order valence-electron chi connectivity index (χ4n) is 1.84. The number of ether oxygens (including phenoxy) is 2. The lowest BCUT2D eigenvalue weighted by atomic mass is 10.0. The Morgan fingerprint density at radius 1 is 1.65 bits per heavy atom. The van der Waals surface area contributed by atoms with Gasteiger partial charge in [0, 0.05) is 18.7 Å². The quantitative estimate of drug-likeness (QED) is 0.840. The SMILES string of the molecule is COc1ccc2c(n1)COCC2N(C)C(=O)O. The summed E-state index contributed by atoms with van der Waals surface area (Å²) in [7, 11) is 3.06. The number of hydrogen-bond donors (Lipinski definition) is 1. The summed E-state index contributed by atoms with van der Waals surface area (Å²) >= 11 is 0. The molecule has 2 rings (SSSR count). The van der Waals surface area contributed by atoms with Gasteiger partial charge in [0.05, 0.1) is 32.1 Å². The highest BCUT2D eigenvalue weighted by Crippen LogP contribution is 2.29. The molecule has 2 heterocycles. The van der Waals surface area contributed by atoms with E-state index in [1.54, 1.807) is 13.2 Å². The van der Waals surface area contributed by atoms with Crippen molar-refractivity contribution >= 4 is 6.09 Å². The maximum absolute atomic E-state index is 11.0. The molecule has 1 N–H and O–H groups in total. The molecule has 1 aliphatic heterocycles. The molecule has 1 amide bonds. The second-order valence-corrected chi connectivity index (χ2v) is 3.81. The summed E-state index contributed by atoms with van der Waals surface area (Å²) in [6.45, 7) is 0.736. The molecule has 0 fully saturated rings. The number of carboxylic acid groups (broad SMARTS) is 1. The van der Waals surface area contributed by atoms with Gasteiger partial charge in [-0.15, -0.1) is 0 Å². The molecule has 1 atom stereocenters. The highest BCUT2D eigenvalue weighted by Gasteiger charge is 2.28. The minimum absolute atomic E-state index is 0.311. The second-order valence-electron chi connectivity index (χ2n) is 3.81. The predicted octanol–water partition coefficient (Wildman–Crippen LogP) is 1.27.